The van der Waals surface area contributed by atoms with E-state index in [0.717, 1.165) is 47.7 Å². The largest absolute Gasteiger partial charge is 0.464 e. The minimum Gasteiger partial charge on any atom is -0.403 e. The van der Waals surface area contributed by atoms with Crippen LogP contribution in [0.5, 0.6) is 0 Å². The fraction of sp³-hybridized carbons (Fsp3) is 0.591. The van der Waals surface area contributed by atoms with Crippen molar-refractivity contribution in [3.05, 3.63) is 41.0 Å². The summed E-state index contributed by atoms with van der Waals surface area (Å²) >= 11 is 6.13. The van der Waals surface area contributed by atoms with Crippen LogP contribution in [0, 0.1) is 5.92 Å². The van der Waals surface area contributed by atoms with E-state index in [1.165, 1.54) is 6.42 Å². The first-order valence-electron chi connectivity index (χ1n) is 10.3. The molecule has 0 N–H and O–H groups in total. The molecule has 28 heavy (non-hydrogen) atoms. The lowest BCUT2D eigenvalue weighted by atomic mass is 9.63. The number of hydrogen-bond donors (Lipinski definition) is 0. The summed E-state index contributed by atoms with van der Waals surface area (Å²) in [5.74, 6) is 0.658. The van der Waals surface area contributed by atoms with Crippen LogP contribution in [-0.2, 0) is 15.9 Å². The Hall–Kier alpha value is -1.14. The van der Waals surface area contributed by atoms with Gasteiger partial charge in [-0.1, -0.05) is 23.7 Å². The van der Waals surface area contributed by atoms with Gasteiger partial charge in [0.2, 0.25) is 0 Å². The average molecular weight is 399 g/mol. The molecule has 148 valence electrons. The van der Waals surface area contributed by atoms with Crippen molar-refractivity contribution in [3.8, 4) is 0 Å². The molecule has 1 aliphatic carbocycles. The van der Waals surface area contributed by atoms with Gasteiger partial charge in [0, 0.05) is 28.8 Å². The van der Waals surface area contributed by atoms with E-state index in [1.807, 2.05) is 18.2 Å². The number of piperidine rings is 1. The van der Waals surface area contributed by atoms with Gasteiger partial charge in [-0.15, -0.1) is 0 Å². The van der Waals surface area contributed by atoms with Crippen molar-refractivity contribution >= 4 is 29.6 Å². The van der Waals surface area contributed by atoms with E-state index in [-0.39, 0.29) is 23.6 Å². The molecule has 0 radical (unpaired) electrons. The molecule has 6 heteroatoms. The van der Waals surface area contributed by atoms with Crippen LogP contribution in [0.1, 0.15) is 46.2 Å². The van der Waals surface area contributed by atoms with E-state index in [2.05, 4.69) is 44.7 Å². The maximum absolute atomic E-state index is 6.40. The minimum atomic E-state index is -0.243. The second kappa shape index (κ2) is 6.18. The second-order valence-electron chi connectivity index (χ2n) is 9.85. The van der Waals surface area contributed by atoms with Crippen molar-refractivity contribution in [1.82, 2.24) is 9.88 Å². The highest BCUT2D eigenvalue weighted by Gasteiger charge is 2.70. The summed E-state index contributed by atoms with van der Waals surface area (Å²) in [6.07, 6.45) is 2.34. The molecule has 2 unspecified atom stereocenters. The third kappa shape index (κ3) is 2.99. The second-order valence-corrected chi connectivity index (χ2v) is 10.3. The lowest BCUT2D eigenvalue weighted by Gasteiger charge is -2.32. The first-order chi connectivity index (χ1) is 13.2. The fourth-order valence-electron chi connectivity index (χ4n) is 4.80. The van der Waals surface area contributed by atoms with Crippen LogP contribution in [0.25, 0.3) is 10.9 Å². The average Bonchev–Trinajstić information content (AvgIpc) is 3.30. The first kappa shape index (κ1) is 18.9. The molecule has 2 saturated heterocycles. The topological polar surface area (TPSA) is 34.6 Å². The monoisotopic (exact) mass is 398 g/mol. The number of benzene rings is 1. The summed E-state index contributed by atoms with van der Waals surface area (Å²) in [6.45, 7) is 11.6. The Kier molecular flexibility index (Phi) is 4.16. The summed E-state index contributed by atoms with van der Waals surface area (Å²) in [6, 6.07) is 10.2. The Balaban J connectivity index is 1.26. The SMILES string of the molecule is CC1(C)OB(C23CCN(Cc4ccc5ccc(Cl)cc5n4)CC2C3)OC1(C)C. The van der Waals surface area contributed by atoms with Crippen molar-refractivity contribution in [2.24, 2.45) is 5.92 Å². The fourth-order valence-corrected chi connectivity index (χ4v) is 4.97. The quantitative estimate of drug-likeness (QED) is 0.685. The lowest BCUT2D eigenvalue weighted by molar-refractivity contribution is 0.00578. The zero-order valence-electron chi connectivity index (χ0n) is 17.2. The maximum Gasteiger partial charge on any atom is 0.464 e. The Morgan fingerprint density at radius 2 is 1.86 bits per heavy atom. The summed E-state index contributed by atoms with van der Waals surface area (Å²) in [4.78, 5) is 7.35. The first-order valence-corrected chi connectivity index (χ1v) is 10.7. The van der Waals surface area contributed by atoms with Crippen molar-refractivity contribution in [2.75, 3.05) is 13.1 Å². The molecule has 3 fully saturated rings. The van der Waals surface area contributed by atoms with E-state index in [1.54, 1.807) is 0 Å². The number of likely N-dealkylation sites (tertiary alicyclic amines) is 1. The molecule has 2 atom stereocenters. The van der Waals surface area contributed by atoms with Crippen LogP contribution in [0.4, 0.5) is 0 Å². The van der Waals surface area contributed by atoms with Crippen LogP contribution in [0.3, 0.4) is 0 Å². The van der Waals surface area contributed by atoms with E-state index in [9.17, 15) is 0 Å². The van der Waals surface area contributed by atoms with E-state index < -0.39 is 0 Å². The molecule has 1 saturated carbocycles. The van der Waals surface area contributed by atoms with Gasteiger partial charge in [-0.25, -0.2) is 0 Å². The number of rotatable bonds is 3. The number of nitrogens with zero attached hydrogens (tertiary/aromatic N) is 2. The van der Waals surface area contributed by atoms with Crippen molar-refractivity contribution in [3.63, 3.8) is 0 Å². The van der Waals surface area contributed by atoms with Crippen molar-refractivity contribution < 1.29 is 9.31 Å². The highest BCUT2D eigenvalue weighted by Crippen LogP contribution is 2.69. The molecule has 0 spiro atoms. The minimum absolute atomic E-state index is 0.0643. The predicted octanol–water partition coefficient (Wildman–Crippen LogP) is 4.95. The van der Waals surface area contributed by atoms with E-state index >= 15 is 0 Å². The van der Waals surface area contributed by atoms with E-state index in [0.29, 0.717) is 5.92 Å². The molecule has 0 amide bonds. The molecule has 3 heterocycles. The standard InChI is InChI=1S/C22H28BClN2O2/c1-20(2)21(3,4)28-23(27-20)22-9-10-26(13-16(22)12-22)14-18-8-6-15-5-7-17(24)11-19(15)25-18/h5-8,11,16H,9-10,12-14H2,1-4H3. The van der Waals surface area contributed by atoms with Crippen molar-refractivity contribution in [2.45, 2.75) is 63.6 Å². The van der Waals surface area contributed by atoms with Gasteiger partial charge >= 0.3 is 7.12 Å². The summed E-state index contributed by atoms with van der Waals surface area (Å²) in [7, 11) is -0.0643. The van der Waals surface area contributed by atoms with Gasteiger partial charge in [0.05, 0.1) is 22.4 Å². The van der Waals surface area contributed by atoms with Crippen molar-refractivity contribution in [1.29, 1.82) is 0 Å². The molecule has 2 aromatic rings. The summed E-state index contributed by atoms with van der Waals surface area (Å²) in [5.41, 5.74) is 1.60. The van der Waals surface area contributed by atoms with Gasteiger partial charge in [-0.05, 0) is 71.2 Å². The zero-order valence-corrected chi connectivity index (χ0v) is 17.9. The Morgan fingerprint density at radius 1 is 1.14 bits per heavy atom. The van der Waals surface area contributed by atoms with E-state index in [4.69, 9.17) is 25.9 Å². The van der Waals surface area contributed by atoms with Gasteiger partial charge in [0.25, 0.3) is 0 Å². The Morgan fingerprint density at radius 3 is 2.57 bits per heavy atom. The number of halogens is 1. The molecule has 1 aromatic carbocycles. The smallest absolute Gasteiger partial charge is 0.403 e. The van der Waals surface area contributed by atoms with Crippen LogP contribution >= 0.6 is 11.6 Å². The third-order valence-corrected chi connectivity index (χ3v) is 7.71. The Bertz CT molecular complexity index is 918. The summed E-state index contributed by atoms with van der Waals surface area (Å²) < 4.78 is 12.8. The van der Waals surface area contributed by atoms with Gasteiger partial charge < -0.3 is 9.31 Å². The summed E-state index contributed by atoms with van der Waals surface area (Å²) in [5, 5.41) is 2.08. The van der Waals surface area contributed by atoms with Gasteiger partial charge in [0.1, 0.15) is 0 Å². The van der Waals surface area contributed by atoms with Crippen LogP contribution < -0.4 is 0 Å². The molecule has 1 aromatic heterocycles. The Labute approximate surface area is 172 Å². The number of pyridine rings is 1. The molecule has 3 aliphatic rings. The molecular formula is C22H28BClN2O2. The van der Waals surface area contributed by atoms with Gasteiger partial charge in [0.15, 0.2) is 0 Å². The normalized spacial score (nSPS) is 31.2. The predicted molar refractivity (Wildman–Crippen MR) is 114 cm³/mol. The van der Waals surface area contributed by atoms with Gasteiger partial charge in [-0.3, -0.25) is 9.88 Å². The van der Waals surface area contributed by atoms with Crippen LogP contribution in [-0.4, -0.2) is 41.3 Å². The molecular weight excluding hydrogens is 371 g/mol. The highest BCUT2D eigenvalue weighted by molar-refractivity contribution is 6.51. The number of aromatic nitrogens is 1. The van der Waals surface area contributed by atoms with Crippen LogP contribution in [0.15, 0.2) is 30.3 Å². The number of hydrogen-bond acceptors (Lipinski definition) is 4. The third-order valence-electron chi connectivity index (χ3n) is 7.47. The molecule has 0 bridgehead atoms. The molecule has 5 rings (SSSR count). The number of fused-ring (bicyclic) bond motifs is 2. The maximum atomic E-state index is 6.40. The van der Waals surface area contributed by atoms with Crippen LogP contribution in [0.2, 0.25) is 10.3 Å². The van der Waals surface area contributed by atoms with Gasteiger partial charge in [-0.2, -0.15) is 0 Å². The highest BCUT2D eigenvalue weighted by atomic mass is 35.5. The lowest BCUT2D eigenvalue weighted by Crippen LogP contribution is -2.41. The molecule has 4 nitrogen and oxygen atoms in total. The zero-order chi connectivity index (χ0) is 19.7. The molecule has 2 aliphatic heterocycles.